The zero-order valence-corrected chi connectivity index (χ0v) is 9.03. The number of benzene rings is 1. The number of ketones is 1. The largest absolute Gasteiger partial charge is 0.354 e. The highest BCUT2D eigenvalue weighted by atomic mass is 16.1. The highest BCUT2D eigenvalue weighted by Gasteiger charge is 2.26. The van der Waals surface area contributed by atoms with Crippen molar-refractivity contribution >= 4 is 17.3 Å². The molecule has 0 saturated heterocycles. The summed E-state index contributed by atoms with van der Waals surface area (Å²) in [6.45, 7) is 5.69. The van der Waals surface area contributed by atoms with Gasteiger partial charge in [0, 0.05) is 13.1 Å². The molecule has 1 aliphatic heterocycles. The van der Waals surface area contributed by atoms with Gasteiger partial charge in [-0.3, -0.25) is 4.79 Å². The molecular weight excluding hydrogens is 188 g/mol. The second kappa shape index (κ2) is 3.85. The van der Waals surface area contributed by atoms with Crippen LogP contribution in [0.15, 0.2) is 29.3 Å². The average molecular weight is 202 g/mol. The fourth-order valence-electron chi connectivity index (χ4n) is 1.79. The zero-order chi connectivity index (χ0) is 10.8. The highest BCUT2D eigenvalue weighted by molar-refractivity contribution is 6.48. The molecule has 78 valence electrons. The van der Waals surface area contributed by atoms with Crippen LogP contribution in [0.2, 0.25) is 0 Å². The van der Waals surface area contributed by atoms with Gasteiger partial charge < -0.3 is 4.90 Å². The van der Waals surface area contributed by atoms with Crippen LogP contribution in [-0.2, 0) is 0 Å². The molecule has 2 rings (SSSR count). The van der Waals surface area contributed by atoms with E-state index in [4.69, 9.17) is 0 Å². The molecular formula is C12H14N2O. The summed E-state index contributed by atoms with van der Waals surface area (Å²) in [5.74, 6) is 0.635. The Bertz CT molecular complexity index is 419. The maximum atomic E-state index is 12.0. The van der Waals surface area contributed by atoms with Crippen LogP contribution in [0.4, 0.5) is 5.69 Å². The van der Waals surface area contributed by atoms with Crippen LogP contribution in [0.1, 0.15) is 24.2 Å². The van der Waals surface area contributed by atoms with E-state index in [9.17, 15) is 4.79 Å². The van der Waals surface area contributed by atoms with Crippen molar-refractivity contribution in [2.75, 3.05) is 13.1 Å². The van der Waals surface area contributed by atoms with Gasteiger partial charge in [0.25, 0.3) is 0 Å². The lowest BCUT2D eigenvalue weighted by Crippen LogP contribution is -2.34. The zero-order valence-electron chi connectivity index (χ0n) is 9.03. The number of Topliss-reactive ketones (excluding diaryl/α,β-unsaturated/α-hetero) is 1. The number of aliphatic imine (C=N–C) groups is 1. The van der Waals surface area contributed by atoms with Gasteiger partial charge in [-0.1, -0.05) is 12.1 Å². The van der Waals surface area contributed by atoms with Crippen molar-refractivity contribution in [2.45, 2.75) is 13.8 Å². The average Bonchev–Trinajstić information content (AvgIpc) is 2.60. The number of hydrogen-bond donors (Lipinski definition) is 0. The monoisotopic (exact) mass is 202 g/mol. The minimum Gasteiger partial charge on any atom is -0.354 e. The Balaban J connectivity index is 2.38. The van der Waals surface area contributed by atoms with E-state index in [-0.39, 0.29) is 5.78 Å². The number of rotatable bonds is 2. The molecule has 0 radical (unpaired) electrons. The standard InChI is InChI=1S/C12H14N2O/c1-3-14(4-2)12-11(15)9-7-5-6-8-10(9)13-12/h5-8H,3-4H2,1-2H3. The molecule has 0 saturated carbocycles. The normalized spacial score (nSPS) is 13.7. The molecule has 3 heteroatoms. The van der Waals surface area contributed by atoms with Crippen molar-refractivity contribution in [3.63, 3.8) is 0 Å². The van der Waals surface area contributed by atoms with E-state index < -0.39 is 0 Å². The molecule has 0 spiro atoms. The smallest absolute Gasteiger partial charge is 0.230 e. The van der Waals surface area contributed by atoms with Gasteiger partial charge in [-0.15, -0.1) is 0 Å². The summed E-state index contributed by atoms with van der Waals surface area (Å²) in [5.41, 5.74) is 1.52. The number of fused-ring (bicyclic) bond motifs is 1. The van der Waals surface area contributed by atoms with Crippen LogP contribution in [0.25, 0.3) is 0 Å². The predicted octanol–water partition coefficient (Wildman–Crippen LogP) is 2.25. The van der Waals surface area contributed by atoms with E-state index >= 15 is 0 Å². The van der Waals surface area contributed by atoms with Crippen LogP contribution >= 0.6 is 0 Å². The molecule has 1 aromatic carbocycles. The lowest BCUT2D eigenvalue weighted by molar-refractivity contribution is 0.105. The van der Waals surface area contributed by atoms with Crippen molar-refractivity contribution in [3.05, 3.63) is 29.8 Å². The second-order valence-electron chi connectivity index (χ2n) is 3.45. The van der Waals surface area contributed by atoms with E-state index in [1.54, 1.807) is 0 Å². The predicted molar refractivity (Wildman–Crippen MR) is 60.8 cm³/mol. The Morgan fingerprint density at radius 2 is 1.87 bits per heavy atom. The van der Waals surface area contributed by atoms with E-state index in [1.807, 2.05) is 43.0 Å². The van der Waals surface area contributed by atoms with Crippen molar-refractivity contribution in [3.8, 4) is 0 Å². The van der Waals surface area contributed by atoms with Crippen LogP contribution in [-0.4, -0.2) is 29.6 Å². The van der Waals surface area contributed by atoms with Crippen molar-refractivity contribution in [1.82, 2.24) is 4.90 Å². The summed E-state index contributed by atoms with van der Waals surface area (Å²) in [6.07, 6.45) is 0. The molecule has 0 atom stereocenters. The molecule has 0 aromatic heterocycles. The highest BCUT2D eigenvalue weighted by Crippen LogP contribution is 2.26. The number of nitrogens with zero attached hydrogens (tertiary/aromatic N) is 2. The molecule has 1 aromatic rings. The Kier molecular flexibility index (Phi) is 2.54. The summed E-state index contributed by atoms with van der Waals surface area (Å²) in [7, 11) is 0. The third-order valence-electron chi connectivity index (χ3n) is 2.64. The SMILES string of the molecule is CCN(CC)C1=Nc2ccccc2C1=O. The number of likely N-dealkylation sites (N-methyl/N-ethyl adjacent to an activating group) is 1. The molecule has 0 N–H and O–H groups in total. The van der Waals surface area contributed by atoms with Gasteiger partial charge in [0.15, 0.2) is 5.84 Å². The first-order valence-electron chi connectivity index (χ1n) is 5.25. The summed E-state index contributed by atoms with van der Waals surface area (Å²) in [6, 6.07) is 7.49. The molecule has 0 unspecified atom stereocenters. The molecule has 0 fully saturated rings. The number of hydrogen-bond acceptors (Lipinski definition) is 3. The van der Waals surface area contributed by atoms with Crippen molar-refractivity contribution < 1.29 is 4.79 Å². The Labute approximate surface area is 89.4 Å². The fraction of sp³-hybridized carbons (Fsp3) is 0.333. The molecule has 1 aliphatic rings. The molecule has 15 heavy (non-hydrogen) atoms. The Hall–Kier alpha value is -1.64. The third kappa shape index (κ3) is 1.54. The first kappa shape index (κ1) is 9.90. The summed E-state index contributed by atoms with van der Waals surface area (Å²) < 4.78 is 0. The number of carbonyl (C=O) groups excluding carboxylic acids is 1. The molecule has 0 amide bonds. The maximum absolute atomic E-state index is 12.0. The van der Waals surface area contributed by atoms with E-state index in [0.717, 1.165) is 24.3 Å². The summed E-state index contributed by atoms with van der Waals surface area (Å²) in [5, 5.41) is 0. The minimum absolute atomic E-state index is 0.0503. The van der Waals surface area contributed by atoms with Gasteiger partial charge in [0.1, 0.15) is 0 Å². The van der Waals surface area contributed by atoms with Gasteiger partial charge in [0.2, 0.25) is 5.78 Å². The number of carbonyl (C=O) groups is 1. The van der Waals surface area contributed by atoms with E-state index in [1.165, 1.54) is 0 Å². The Morgan fingerprint density at radius 3 is 2.47 bits per heavy atom. The van der Waals surface area contributed by atoms with Crippen molar-refractivity contribution in [2.24, 2.45) is 4.99 Å². The van der Waals surface area contributed by atoms with E-state index in [0.29, 0.717) is 5.84 Å². The van der Waals surface area contributed by atoms with Crippen LogP contribution in [0.5, 0.6) is 0 Å². The topological polar surface area (TPSA) is 32.7 Å². The molecule has 0 bridgehead atoms. The fourth-order valence-corrected chi connectivity index (χ4v) is 1.79. The van der Waals surface area contributed by atoms with E-state index in [2.05, 4.69) is 4.99 Å². The molecule has 1 heterocycles. The summed E-state index contributed by atoms with van der Waals surface area (Å²) in [4.78, 5) is 18.3. The van der Waals surface area contributed by atoms with Gasteiger partial charge in [-0.2, -0.15) is 0 Å². The first-order chi connectivity index (χ1) is 7.27. The molecule has 0 aliphatic carbocycles. The van der Waals surface area contributed by atoms with Gasteiger partial charge in [-0.25, -0.2) is 4.99 Å². The quantitative estimate of drug-likeness (QED) is 0.736. The first-order valence-corrected chi connectivity index (χ1v) is 5.25. The maximum Gasteiger partial charge on any atom is 0.230 e. The van der Waals surface area contributed by atoms with Gasteiger partial charge in [0.05, 0.1) is 11.3 Å². The molecule has 3 nitrogen and oxygen atoms in total. The lowest BCUT2D eigenvalue weighted by Gasteiger charge is -2.18. The minimum atomic E-state index is 0.0503. The third-order valence-corrected chi connectivity index (χ3v) is 2.64. The number of para-hydroxylation sites is 1. The number of amidine groups is 1. The van der Waals surface area contributed by atoms with Crippen LogP contribution in [0, 0.1) is 0 Å². The van der Waals surface area contributed by atoms with Crippen LogP contribution in [0.3, 0.4) is 0 Å². The van der Waals surface area contributed by atoms with Gasteiger partial charge in [-0.05, 0) is 26.0 Å². The second-order valence-corrected chi connectivity index (χ2v) is 3.45. The summed E-state index contributed by atoms with van der Waals surface area (Å²) >= 11 is 0. The van der Waals surface area contributed by atoms with Crippen molar-refractivity contribution in [1.29, 1.82) is 0 Å². The van der Waals surface area contributed by atoms with Crippen LogP contribution < -0.4 is 0 Å². The Morgan fingerprint density at radius 1 is 1.20 bits per heavy atom. The van der Waals surface area contributed by atoms with Gasteiger partial charge >= 0.3 is 0 Å². The lowest BCUT2D eigenvalue weighted by atomic mass is 10.1.